The Morgan fingerprint density at radius 1 is 1.42 bits per heavy atom. The fraction of sp³-hybridized carbons (Fsp3) is 0.533. The molecule has 19 heavy (non-hydrogen) atoms. The Morgan fingerprint density at radius 2 is 2.11 bits per heavy atom. The average Bonchev–Trinajstić information content (AvgIpc) is 2.37. The molecule has 0 heterocycles. The first kappa shape index (κ1) is 16.2. The van der Waals surface area contributed by atoms with Gasteiger partial charge in [0.2, 0.25) is 0 Å². The standard InChI is InChI=1S/C15H21BrFNO/c1-11-6-4-7-12(13(11)17)14(19)18-10-15(2,3)8-5-9-16/h4,6-7H,5,8-10H2,1-3H3,(H,18,19). The molecule has 0 radical (unpaired) electrons. The van der Waals surface area contributed by atoms with E-state index in [0.29, 0.717) is 12.1 Å². The van der Waals surface area contributed by atoms with Gasteiger partial charge in [0, 0.05) is 11.9 Å². The highest BCUT2D eigenvalue weighted by Gasteiger charge is 2.20. The van der Waals surface area contributed by atoms with E-state index in [0.717, 1.165) is 18.2 Å². The van der Waals surface area contributed by atoms with E-state index in [9.17, 15) is 9.18 Å². The summed E-state index contributed by atoms with van der Waals surface area (Å²) < 4.78 is 13.8. The smallest absolute Gasteiger partial charge is 0.254 e. The fourth-order valence-electron chi connectivity index (χ4n) is 1.87. The normalized spacial score (nSPS) is 11.4. The Labute approximate surface area is 122 Å². The number of hydrogen-bond donors (Lipinski definition) is 1. The van der Waals surface area contributed by atoms with E-state index >= 15 is 0 Å². The predicted octanol–water partition coefficient (Wildman–Crippen LogP) is 4.07. The molecule has 0 atom stereocenters. The maximum absolute atomic E-state index is 13.8. The van der Waals surface area contributed by atoms with Crippen molar-refractivity contribution in [3.05, 3.63) is 35.1 Å². The van der Waals surface area contributed by atoms with Crippen LogP contribution in [0.5, 0.6) is 0 Å². The van der Waals surface area contributed by atoms with Crippen LogP contribution in [0.2, 0.25) is 0 Å². The molecule has 1 aromatic carbocycles. The van der Waals surface area contributed by atoms with Crippen molar-refractivity contribution in [2.45, 2.75) is 33.6 Å². The van der Waals surface area contributed by atoms with Crippen LogP contribution in [0.25, 0.3) is 0 Å². The summed E-state index contributed by atoms with van der Waals surface area (Å²) in [4.78, 5) is 12.0. The second-order valence-electron chi connectivity index (χ2n) is 5.58. The lowest BCUT2D eigenvalue weighted by atomic mass is 9.88. The number of alkyl halides is 1. The summed E-state index contributed by atoms with van der Waals surface area (Å²) in [5, 5.41) is 3.78. The molecule has 1 aromatic rings. The topological polar surface area (TPSA) is 29.1 Å². The van der Waals surface area contributed by atoms with Gasteiger partial charge in [0.1, 0.15) is 5.82 Å². The minimum Gasteiger partial charge on any atom is -0.351 e. The second-order valence-corrected chi connectivity index (χ2v) is 6.37. The Hall–Kier alpha value is -0.900. The fourth-order valence-corrected chi connectivity index (χ4v) is 2.15. The molecule has 1 N–H and O–H groups in total. The Balaban J connectivity index is 2.63. The third kappa shape index (κ3) is 4.94. The predicted molar refractivity (Wildman–Crippen MR) is 80.3 cm³/mol. The Kier molecular flexibility index (Phi) is 5.98. The first-order valence-corrected chi connectivity index (χ1v) is 7.59. The first-order chi connectivity index (χ1) is 8.87. The van der Waals surface area contributed by atoms with Gasteiger partial charge >= 0.3 is 0 Å². The van der Waals surface area contributed by atoms with Crippen LogP contribution in [-0.2, 0) is 0 Å². The lowest BCUT2D eigenvalue weighted by molar-refractivity contribution is 0.0930. The number of carbonyl (C=O) groups is 1. The number of amides is 1. The van der Waals surface area contributed by atoms with Crippen molar-refractivity contribution in [2.24, 2.45) is 5.41 Å². The highest BCUT2D eigenvalue weighted by molar-refractivity contribution is 9.09. The zero-order valence-corrected chi connectivity index (χ0v) is 13.3. The summed E-state index contributed by atoms with van der Waals surface area (Å²) in [5.41, 5.74) is 0.631. The van der Waals surface area contributed by atoms with Crippen molar-refractivity contribution in [1.82, 2.24) is 5.32 Å². The summed E-state index contributed by atoms with van der Waals surface area (Å²) in [6.45, 7) is 6.41. The van der Waals surface area contributed by atoms with Crippen LogP contribution >= 0.6 is 15.9 Å². The van der Waals surface area contributed by atoms with Crippen LogP contribution in [0.3, 0.4) is 0 Å². The van der Waals surface area contributed by atoms with Crippen molar-refractivity contribution in [3.8, 4) is 0 Å². The molecule has 0 aliphatic carbocycles. The molecule has 0 saturated carbocycles. The summed E-state index contributed by atoms with van der Waals surface area (Å²) in [7, 11) is 0. The van der Waals surface area contributed by atoms with Crippen LogP contribution < -0.4 is 5.32 Å². The summed E-state index contributed by atoms with van der Waals surface area (Å²) in [6.07, 6.45) is 2.07. The number of benzene rings is 1. The monoisotopic (exact) mass is 329 g/mol. The van der Waals surface area contributed by atoms with Crippen molar-refractivity contribution < 1.29 is 9.18 Å². The average molecular weight is 330 g/mol. The molecule has 2 nitrogen and oxygen atoms in total. The van der Waals surface area contributed by atoms with E-state index < -0.39 is 5.82 Å². The van der Waals surface area contributed by atoms with Crippen LogP contribution in [0.1, 0.15) is 42.6 Å². The van der Waals surface area contributed by atoms with Gasteiger partial charge in [-0.2, -0.15) is 0 Å². The third-order valence-electron chi connectivity index (χ3n) is 3.15. The van der Waals surface area contributed by atoms with Gasteiger partial charge in [0.05, 0.1) is 5.56 Å². The number of nitrogens with one attached hydrogen (secondary N) is 1. The maximum atomic E-state index is 13.8. The molecule has 1 amide bonds. The van der Waals surface area contributed by atoms with E-state index in [1.165, 1.54) is 6.07 Å². The second kappa shape index (κ2) is 7.04. The zero-order chi connectivity index (χ0) is 14.5. The maximum Gasteiger partial charge on any atom is 0.254 e. The largest absolute Gasteiger partial charge is 0.351 e. The van der Waals surface area contributed by atoms with Crippen LogP contribution in [-0.4, -0.2) is 17.8 Å². The van der Waals surface area contributed by atoms with Gasteiger partial charge in [0.15, 0.2) is 0 Å². The Morgan fingerprint density at radius 3 is 2.74 bits per heavy atom. The van der Waals surface area contributed by atoms with Gasteiger partial charge in [-0.1, -0.05) is 41.9 Å². The minimum atomic E-state index is -0.432. The van der Waals surface area contributed by atoms with Crippen LogP contribution in [0.4, 0.5) is 4.39 Å². The number of halogens is 2. The quantitative estimate of drug-likeness (QED) is 0.783. The van der Waals surface area contributed by atoms with E-state index in [4.69, 9.17) is 0 Å². The molecular formula is C15H21BrFNO. The molecule has 0 saturated heterocycles. The molecule has 0 spiro atoms. The summed E-state index contributed by atoms with van der Waals surface area (Å²) in [6, 6.07) is 4.87. The Bertz CT molecular complexity index is 446. The molecule has 0 fully saturated rings. The van der Waals surface area contributed by atoms with E-state index in [-0.39, 0.29) is 16.9 Å². The van der Waals surface area contributed by atoms with E-state index in [2.05, 4.69) is 35.1 Å². The summed E-state index contributed by atoms with van der Waals surface area (Å²) >= 11 is 3.40. The van der Waals surface area contributed by atoms with Gasteiger partial charge in [-0.05, 0) is 36.8 Å². The highest BCUT2D eigenvalue weighted by atomic mass is 79.9. The van der Waals surface area contributed by atoms with Crippen molar-refractivity contribution in [2.75, 3.05) is 11.9 Å². The molecule has 0 aromatic heterocycles. The lowest BCUT2D eigenvalue weighted by Crippen LogP contribution is -2.34. The van der Waals surface area contributed by atoms with Gasteiger partial charge in [-0.3, -0.25) is 4.79 Å². The molecular weight excluding hydrogens is 309 g/mol. The molecule has 0 aliphatic rings. The minimum absolute atomic E-state index is 0.0176. The summed E-state index contributed by atoms with van der Waals surface area (Å²) in [5.74, 6) is -0.772. The molecule has 106 valence electrons. The van der Waals surface area contributed by atoms with Gasteiger partial charge in [-0.25, -0.2) is 4.39 Å². The number of carbonyl (C=O) groups excluding carboxylic acids is 1. The van der Waals surface area contributed by atoms with E-state index in [1.54, 1.807) is 19.1 Å². The number of rotatable bonds is 6. The van der Waals surface area contributed by atoms with Crippen molar-refractivity contribution in [3.63, 3.8) is 0 Å². The van der Waals surface area contributed by atoms with Crippen molar-refractivity contribution >= 4 is 21.8 Å². The number of aryl methyl sites for hydroxylation is 1. The zero-order valence-electron chi connectivity index (χ0n) is 11.7. The third-order valence-corrected chi connectivity index (χ3v) is 3.71. The molecule has 0 bridgehead atoms. The molecule has 1 rings (SSSR count). The van der Waals surface area contributed by atoms with Gasteiger partial charge in [0.25, 0.3) is 5.91 Å². The molecule has 4 heteroatoms. The van der Waals surface area contributed by atoms with E-state index in [1.807, 2.05) is 0 Å². The van der Waals surface area contributed by atoms with Gasteiger partial charge in [-0.15, -0.1) is 0 Å². The first-order valence-electron chi connectivity index (χ1n) is 6.47. The SMILES string of the molecule is Cc1cccc(C(=O)NCC(C)(C)CCCBr)c1F. The molecule has 0 unspecified atom stereocenters. The highest BCUT2D eigenvalue weighted by Crippen LogP contribution is 2.22. The van der Waals surface area contributed by atoms with Crippen LogP contribution in [0, 0.1) is 18.2 Å². The molecule has 0 aliphatic heterocycles. The number of hydrogen-bond acceptors (Lipinski definition) is 1. The van der Waals surface area contributed by atoms with Gasteiger partial charge < -0.3 is 5.32 Å². The van der Waals surface area contributed by atoms with Crippen LogP contribution in [0.15, 0.2) is 18.2 Å². The lowest BCUT2D eigenvalue weighted by Gasteiger charge is -2.24. The van der Waals surface area contributed by atoms with Crippen molar-refractivity contribution in [1.29, 1.82) is 0 Å².